The molecule has 0 spiro atoms. The second-order valence-corrected chi connectivity index (χ2v) is 9.03. The Morgan fingerprint density at radius 2 is 1.86 bits per heavy atom. The van der Waals surface area contributed by atoms with Gasteiger partial charge in [-0.2, -0.15) is 4.31 Å². The zero-order valence-corrected chi connectivity index (χ0v) is 14.3. The highest BCUT2D eigenvalue weighted by Crippen LogP contribution is 2.25. The molecule has 1 aliphatic rings. The lowest BCUT2D eigenvalue weighted by atomic mass is 10.2. The third kappa shape index (κ3) is 3.75. The fourth-order valence-electron chi connectivity index (χ4n) is 2.20. The first-order valence-corrected chi connectivity index (χ1v) is 9.52. The zero-order chi connectivity index (χ0) is 15.1. The molecule has 0 aromatic heterocycles. The van der Waals surface area contributed by atoms with Crippen molar-refractivity contribution in [1.29, 1.82) is 0 Å². The van der Waals surface area contributed by atoms with Gasteiger partial charge in [0.15, 0.2) is 9.84 Å². The van der Waals surface area contributed by atoms with Crippen LogP contribution in [0.5, 0.6) is 0 Å². The van der Waals surface area contributed by atoms with Crippen molar-refractivity contribution in [3.8, 4) is 0 Å². The molecule has 1 saturated heterocycles. The third-order valence-corrected chi connectivity index (χ3v) is 6.51. The Morgan fingerprint density at radius 3 is 2.33 bits per heavy atom. The summed E-state index contributed by atoms with van der Waals surface area (Å²) >= 11 is 0. The number of nitrogens with two attached hydrogens (primary N) is 1. The summed E-state index contributed by atoms with van der Waals surface area (Å²) < 4.78 is 49.6. The summed E-state index contributed by atoms with van der Waals surface area (Å²) in [5, 5.41) is 0. The maximum Gasteiger partial charge on any atom is 0.243 e. The van der Waals surface area contributed by atoms with Crippen LogP contribution in [0.4, 0.5) is 0 Å². The van der Waals surface area contributed by atoms with Gasteiger partial charge in [0.1, 0.15) is 0 Å². The zero-order valence-electron chi connectivity index (χ0n) is 11.8. The standard InChI is InChI=1S/C12H18N2O4S2.ClH/c1-9-3-4-11(19(2,15)16)7-12(9)20(17,18)14-6-5-10(13)8-14;/h3-4,7,10H,5-6,8,13H2,1-2H3;1H/t10-;/m1./s1. The molecule has 0 aliphatic carbocycles. The van der Waals surface area contributed by atoms with E-state index in [4.69, 9.17) is 5.73 Å². The summed E-state index contributed by atoms with van der Waals surface area (Å²) in [7, 11) is -7.14. The van der Waals surface area contributed by atoms with Gasteiger partial charge >= 0.3 is 0 Å². The monoisotopic (exact) mass is 354 g/mol. The Labute approximate surface area is 131 Å². The average molecular weight is 355 g/mol. The van der Waals surface area contributed by atoms with Crippen molar-refractivity contribution in [3.63, 3.8) is 0 Å². The topological polar surface area (TPSA) is 97.5 Å². The molecule has 2 N–H and O–H groups in total. The Kier molecular flexibility index (Phi) is 5.44. The fraction of sp³-hybridized carbons (Fsp3) is 0.500. The minimum Gasteiger partial charge on any atom is -0.326 e. The number of sulfone groups is 1. The summed E-state index contributed by atoms with van der Waals surface area (Å²) in [6, 6.07) is 3.99. The molecule has 1 aromatic carbocycles. The Bertz CT molecular complexity index is 732. The predicted octanol–water partition coefficient (Wildman–Crippen LogP) is 0.542. The molecule has 6 nitrogen and oxygen atoms in total. The molecule has 120 valence electrons. The van der Waals surface area contributed by atoms with E-state index in [0.717, 1.165) is 6.26 Å². The minimum absolute atomic E-state index is 0. The van der Waals surface area contributed by atoms with Crippen molar-refractivity contribution < 1.29 is 16.8 Å². The van der Waals surface area contributed by atoms with Crippen LogP contribution >= 0.6 is 12.4 Å². The number of sulfonamides is 1. The van der Waals surface area contributed by atoms with Crippen molar-refractivity contribution >= 4 is 32.3 Å². The first-order chi connectivity index (χ1) is 9.12. The van der Waals surface area contributed by atoms with Gasteiger partial charge in [-0.05, 0) is 31.0 Å². The van der Waals surface area contributed by atoms with Gasteiger partial charge in [0.05, 0.1) is 9.79 Å². The number of benzene rings is 1. The Hall–Kier alpha value is -0.670. The van der Waals surface area contributed by atoms with E-state index in [2.05, 4.69) is 0 Å². The molecule has 21 heavy (non-hydrogen) atoms. The van der Waals surface area contributed by atoms with Gasteiger partial charge < -0.3 is 5.73 Å². The Morgan fingerprint density at radius 1 is 1.24 bits per heavy atom. The molecule has 1 atom stereocenters. The average Bonchev–Trinajstić information content (AvgIpc) is 2.75. The lowest BCUT2D eigenvalue weighted by molar-refractivity contribution is 0.472. The van der Waals surface area contributed by atoms with E-state index in [0.29, 0.717) is 18.5 Å². The van der Waals surface area contributed by atoms with Crippen molar-refractivity contribution in [2.75, 3.05) is 19.3 Å². The molecule has 9 heteroatoms. The van der Waals surface area contributed by atoms with Crippen molar-refractivity contribution in [3.05, 3.63) is 23.8 Å². The number of rotatable bonds is 3. The van der Waals surface area contributed by atoms with Crippen molar-refractivity contribution in [2.45, 2.75) is 29.2 Å². The Balaban J connectivity index is 0.00000220. The van der Waals surface area contributed by atoms with Gasteiger partial charge in [-0.1, -0.05) is 6.07 Å². The van der Waals surface area contributed by atoms with Gasteiger partial charge in [0.2, 0.25) is 10.0 Å². The van der Waals surface area contributed by atoms with E-state index in [1.54, 1.807) is 6.92 Å². The maximum absolute atomic E-state index is 12.6. The van der Waals surface area contributed by atoms with Crippen LogP contribution in [0, 0.1) is 6.92 Å². The third-order valence-electron chi connectivity index (χ3n) is 3.39. The van der Waals surface area contributed by atoms with E-state index in [1.807, 2.05) is 0 Å². The smallest absolute Gasteiger partial charge is 0.243 e. The molecule has 1 fully saturated rings. The van der Waals surface area contributed by atoms with Gasteiger partial charge in [-0.3, -0.25) is 0 Å². The quantitative estimate of drug-likeness (QED) is 0.854. The summed E-state index contributed by atoms with van der Waals surface area (Å²) in [5.74, 6) is 0. The van der Waals surface area contributed by atoms with Crippen LogP contribution in [0.1, 0.15) is 12.0 Å². The normalized spacial score (nSPS) is 20.2. The van der Waals surface area contributed by atoms with E-state index in [1.165, 1.54) is 22.5 Å². The molecule has 0 radical (unpaired) electrons. The van der Waals surface area contributed by atoms with Crippen LogP contribution in [0.25, 0.3) is 0 Å². The minimum atomic E-state index is -3.70. The highest BCUT2D eigenvalue weighted by molar-refractivity contribution is 7.91. The van der Waals surface area contributed by atoms with Gasteiger partial charge in [0, 0.05) is 25.4 Å². The molecule has 1 aromatic rings. The van der Waals surface area contributed by atoms with Gasteiger partial charge in [-0.25, -0.2) is 16.8 Å². The molecule has 1 heterocycles. The fourth-order valence-corrected chi connectivity index (χ4v) is 4.68. The number of hydrogen-bond acceptors (Lipinski definition) is 5. The summed E-state index contributed by atoms with van der Waals surface area (Å²) in [5.41, 5.74) is 6.26. The van der Waals surface area contributed by atoms with Crippen LogP contribution in [-0.4, -0.2) is 46.5 Å². The molecule has 0 amide bonds. The second kappa shape index (κ2) is 6.21. The first-order valence-electron chi connectivity index (χ1n) is 6.19. The number of nitrogens with zero attached hydrogens (tertiary/aromatic N) is 1. The van der Waals surface area contributed by atoms with Gasteiger partial charge in [0.25, 0.3) is 0 Å². The molecular formula is C12H19ClN2O4S2. The predicted molar refractivity (Wildman–Crippen MR) is 82.9 cm³/mol. The SMILES string of the molecule is Cc1ccc(S(C)(=O)=O)cc1S(=O)(=O)N1CC[C@@H](N)C1.Cl. The molecular weight excluding hydrogens is 336 g/mol. The summed E-state index contributed by atoms with van der Waals surface area (Å²) in [6.45, 7) is 2.28. The number of hydrogen-bond donors (Lipinski definition) is 1. The van der Waals surface area contributed by atoms with E-state index < -0.39 is 19.9 Å². The number of aryl methyl sites for hydroxylation is 1. The first kappa shape index (κ1) is 18.4. The molecule has 0 saturated carbocycles. The van der Waals surface area contributed by atoms with Crippen molar-refractivity contribution in [2.24, 2.45) is 5.73 Å². The van der Waals surface area contributed by atoms with Crippen LogP contribution < -0.4 is 5.73 Å². The van der Waals surface area contributed by atoms with Crippen LogP contribution in [0.15, 0.2) is 28.0 Å². The van der Waals surface area contributed by atoms with E-state index in [-0.39, 0.29) is 34.8 Å². The maximum atomic E-state index is 12.6. The van der Waals surface area contributed by atoms with Crippen LogP contribution in [-0.2, 0) is 19.9 Å². The number of halogens is 1. The lowest BCUT2D eigenvalue weighted by Crippen LogP contribution is -2.32. The van der Waals surface area contributed by atoms with Crippen LogP contribution in [0.2, 0.25) is 0 Å². The van der Waals surface area contributed by atoms with Gasteiger partial charge in [-0.15, -0.1) is 12.4 Å². The molecule has 2 rings (SSSR count). The molecule has 1 aliphatic heterocycles. The summed E-state index contributed by atoms with van der Waals surface area (Å²) in [4.78, 5) is 0.0414. The largest absolute Gasteiger partial charge is 0.326 e. The van der Waals surface area contributed by atoms with E-state index in [9.17, 15) is 16.8 Å². The van der Waals surface area contributed by atoms with Crippen molar-refractivity contribution in [1.82, 2.24) is 4.31 Å². The molecule has 0 unspecified atom stereocenters. The van der Waals surface area contributed by atoms with E-state index >= 15 is 0 Å². The lowest BCUT2D eigenvalue weighted by Gasteiger charge is -2.18. The highest BCUT2D eigenvalue weighted by atomic mass is 35.5. The highest BCUT2D eigenvalue weighted by Gasteiger charge is 2.32. The summed E-state index contributed by atoms with van der Waals surface area (Å²) in [6.07, 6.45) is 1.67. The van der Waals surface area contributed by atoms with Crippen LogP contribution in [0.3, 0.4) is 0 Å². The second-order valence-electron chi connectivity index (χ2n) is 5.11. The molecule has 0 bridgehead atoms.